The Morgan fingerprint density at radius 3 is 2.11 bits per heavy atom. The summed E-state index contributed by atoms with van der Waals surface area (Å²) < 4.78 is 16.0. The largest absolute Gasteiger partial charge is 0.493 e. The van der Waals surface area contributed by atoms with Crippen molar-refractivity contribution < 1.29 is 23.8 Å². The van der Waals surface area contributed by atoms with Gasteiger partial charge in [0, 0.05) is 48.9 Å². The van der Waals surface area contributed by atoms with Gasteiger partial charge in [0.2, 0.25) is 11.3 Å². The molecule has 1 amide bonds. The van der Waals surface area contributed by atoms with E-state index in [1.165, 1.54) is 27.4 Å². The molecule has 0 spiro atoms. The quantitative estimate of drug-likeness (QED) is 0.496. The van der Waals surface area contributed by atoms with Gasteiger partial charge in [-0.25, -0.2) is 0 Å². The number of H-pyrrole nitrogens is 1. The summed E-state index contributed by atoms with van der Waals surface area (Å²) in [7, 11) is 4.54. The molecule has 0 atom stereocenters. The summed E-state index contributed by atoms with van der Waals surface area (Å²) in [5.74, 6) is 1.15. The monoisotopic (exact) mass is 501 g/mol. The Morgan fingerprint density at radius 1 is 0.857 bits per heavy atom. The SMILES string of the molecule is COc1cc(C(=O)N2CCN(CC(=O)c3ccc4[nH]c(=O)ccc4c3)CC2)cc(OC)c1OC.Cl. The number of piperazine rings is 1. The molecule has 35 heavy (non-hydrogen) atoms. The van der Waals surface area contributed by atoms with Crippen LogP contribution >= 0.6 is 12.4 Å². The molecule has 0 aliphatic carbocycles. The summed E-state index contributed by atoms with van der Waals surface area (Å²) in [6, 6.07) is 11.7. The third-order valence-corrected chi connectivity index (χ3v) is 5.98. The van der Waals surface area contributed by atoms with Gasteiger partial charge in [0.05, 0.1) is 27.9 Å². The summed E-state index contributed by atoms with van der Waals surface area (Å²) in [4.78, 5) is 43.9. The minimum atomic E-state index is -0.175. The zero-order valence-electron chi connectivity index (χ0n) is 19.8. The first-order chi connectivity index (χ1) is 16.4. The summed E-state index contributed by atoms with van der Waals surface area (Å²) >= 11 is 0. The molecule has 1 aliphatic heterocycles. The van der Waals surface area contributed by atoms with Crippen LogP contribution < -0.4 is 19.8 Å². The number of nitrogens with zero attached hydrogens (tertiary/aromatic N) is 2. The number of ketones is 1. The van der Waals surface area contributed by atoms with Crippen molar-refractivity contribution in [2.24, 2.45) is 0 Å². The molecule has 1 saturated heterocycles. The Bertz CT molecular complexity index is 1260. The number of benzene rings is 2. The lowest BCUT2D eigenvalue weighted by Gasteiger charge is -2.34. The van der Waals surface area contributed by atoms with Crippen LogP contribution in [-0.4, -0.2) is 80.5 Å². The maximum atomic E-state index is 13.1. The number of amides is 1. The Labute approximate surface area is 209 Å². The summed E-state index contributed by atoms with van der Waals surface area (Å²) in [6.45, 7) is 2.44. The number of rotatable bonds is 7. The molecule has 186 valence electrons. The van der Waals surface area contributed by atoms with Crippen LogP contribution in [0.15, 0.2) is 47.3 Å². The molecule has 1 N–H and O–H groups in total. The summed E-state index contributed by atoms with van der Waals surface area (Å²) in [6.07, 6.45) is 0. The van der Waals surface area contributed by atoms with Crippen molar-refractivity contribution in [3.8, 4) is 17.2 Å². The number of carbonyl (C=O) groups is 2. The van der Waals surface area contributed by atoms with Crippen LogP contribution in [-0.2, 0) is 0 Å². The second kappa shape index (κ2) is 11.2. The average Bonchev–Trinajstić information content (AvgIpc) is 2.87. The van der Waals surface area contributed by atoms with Crippen molar-refractivity contribution in [2.45, 2.75) is 0 Å². The molecular formula is C25H28ClN3O6. The topological polar surface area (TPSA) is 101 Å². The van der Waals surface area contributed by atoms with Crippen molar-refractivity contribution in [2.75, 3.05) is 54.1 Å². The van der Waals surface area contributed by atoms with Crippen LogP contribution in [0, 0.1) is 0 Å². The molecule has 0 bridgehead atoms. The molecule has 1 aliphatic rings. The standard InChI is InChI=1S/C25H27N3O6.ClH/c1-32-21-13-18(14-22(33-2)24(21)34-3)25(31)28-10-8-27(9-11-28)15-20(29)17-4-6-19-16(12-17)5-7-23(30)26-19;/h4-7,12-14H,8-11,15H2,1-3H3,(H,26,30);1H. The second-order valence-corrected chi connectivity index (χ2v) is 8.03. The smallest absolute Gasteiger partial charge is 0.254 e. The van der Waals surface area contributed by atoms with E-state index >= 15 is 0 Å². The van der Waals surface area contributed by atoms with Gasteiger partial charge in [0.25, 0.3) is 5.91 Å². The maximum absolute atomic E-state index is 13.1. The number of methoxy groups -OCH3 is 3. The van der Waals surface area contributed by atoms with E-state index in [-0.39, 0.29) is 36.2 Å². The van der Waals surface area contributed by atoms with Crippen molar-refractivity contribution in [1.29, 1.82) is 0 Å². The van der Waals surface area contributed by atoms with Gasteiger partial charge in [0.1, 0.15) is 0 Å². The molecule has 9 nitrogen and oxygen atoms in total. The minimum absolute atomic E-state index is 0. The molecule has 0 radical (unpaired) electrons. The van der Waals surface area contributed by atoms with Gasteiger partial charge >= 0.3 is 0 Å². The molecule has 2 heterocycles. The summed E-state index contributed by atoms with van der Waals surface area (Å²) in [5.41, 5.74) is 1.57. The Balaban J connectivity index is 0.00000342. The molecular weight excluding hydrogens is 474 g/mol. The average molecular weight is 502 g/mol. The Kier molecular flexibility index (Phi) is 8.37. The van der Waals surface area contributed by atoms with Crippen molar-refractivity contribution in [1.82, 2.24) is 14.8 Å². The van der Waals surface area contributed by atoms with Gasteiger partial charge in [-0.15, -0.1) is 12.4 Å². The van der Waals surface area contributed by atoms with E-state index in [1.807, 2.05) is 4.90 Å². The first-order valence-corrected chi connectivity index (χ1v) is 10.9. The van der Waals surface area contributed by atoms with Gasteiger partial charge in [-0.2, -0.15) is 0 Å². The lowest BCUT2D eigenvalue weighted by molar-refractivity contribution is 0.0623. The van der Waals surface area contributed by atoms with Gasteiger partial charge in [-0.05, 0) is 41.8 Å². The molecule has 1 aromatic heterocycles. The first-order valence-electron chi connectivity index (χ1n) is 10.9. The van der Waals surface area contributed by atoms with E-state index in [0.717, 1.165) is 5.39 Å². The highest BCUT2D eigenvalue weighted by Gasteiger charge is 2.26. The lowest BCUT2D eigenvalue weighted by Crippen LogP contribution is -2.49. The maximum Gasteiger partial charge on any atom is 0.254 e. The normalized spacial score (nSPS) is 13.7. The Morgan fingerprint density at radius 2 is 1.51 bits per heavy atom. The second-order valence-electron chi connectivity index (χ2n) is 8.03. The molecule has 10 heteroatoms. The third kappa shape index (κ3) is 5.58. The molecule has 4 rings (SSSR count). The van der Waals surface area contributed by atoms with E-state index in [1.54, 1.807) is 41.3 Å². The fourth-order valence-corrected chi connectivity index (χ4v) is 4.12. The van der Waals surface area contributed by atoms with E-state index in [2.05, 4.69) is 4.98 Å². The van der Waals surface area contributed by atoms with Gasteiger partial charge in [0.15, 0.2) is 17.3 Å². The minimum Gasteiger partial charge on any atom is -0.493 e. The number of Topliss-reactive ketones (excluding diaryl/α,β-unsaturated/α-hetero) is 1. The number of aromatic nitrogens is 1. The highest BCUT2D eigenvalue weighted by atomic mass is 35.5. The fraction of sp³-hybridized carbons (Fsp3) is 0.320. The van der Waals surface area contributed by atoms with Crippen LogP contribution in [0.25, 0.3) is 10.9 Å². The predicted molar refractivity (Wildman–Crippen MR) is 135 cm³/mol. The van der Waals surface area contributed by atoms with Crippen LogP contribution in [0.3, 0.4) is 0 Å². The van der Waals surface area contributed by atoms with Crippen LogP contribution in [0.4, 0.5) is 0 Å². The lowest BCUT2D eigenvalue weighted by atomic mass is 10.1. The zero-order valence-corrected chi connectivity index (χ0v) is 20.6. The number of nitrogens with one attached hydrogen (secondary N) is 1. The van der Waals surface area contributed by atoms with Crippen LogP contribution in [0.2, 0.25) is 0 Å². The van der Waals surface area contributed by atoms with Crippen molar-refractivity contribution >= 4 is 35.0 Å². The Hall–Kier alpha value is -3.56. The van der Waals surface area contributed by atoms with Crippen LogP contribution in [0.5, 0.6) is 17.2 Å². The molecule has 3 aromatic rings. The third-order valence-electron chi connectivity index (χ3n) is 5.98. The number of carbonyl (C=O) groups excluding carboxylic acids is 2. The highest BCUT2D eigenvalue weighted by molar-refractivity contribution is 6.00. The predicted octanol–water partition coefficient (Wildman–Crippen LogP) is 2.62. The molecule has 0 unspecified atom stereocenters. The number of aromatic amines is 1. The number of halogens is 1. The zero-order chi connectivity index (χ0) is 24.2. The van der Waals surface area contributed by atoms with E-state index in [0.29, 0.717) is 60.1 Å². The first kappa shape index (κ1) is 26.1. The summed E-state index contributed by atoms with van der Waals surface area (Å²) in [5, 5.41) is 0.811. The van der Waals surface area contributed by atoms with E-state index in [9.17, 15) is 14.4 Å². The van der Waals surface area contributed by atoms with Crippen molar-refractivity contribution in [3.05, 3.63) is 63.9 Å². The van der Waals surface area contributed by atoms with E-state index < -0.39 is 0 Å². The molecule has 2 aromatic carbocycles. The number of pyridine rings is 1. The van der Waals surface area contributed by atoms with Crippen LogP contribution in [0.1, 0.15) is 20.7 Å². The molecule has 1 fully saturated rings. The number of fused-ring (bicyclic) bond motifs is 1. The van der Waals surface area contributed by atoms with Crippen molar-refractivity contribution in [3.63, 3.8) is 0 Å². The number of ether oxygens (including phenoxy) is 3. The van der Waals surface area contributed by atoms with E-state index in [4.69, 9.17) is 14.2 Å². The highest BCUT2D eigenvalue weighted by Crippen LogP contribution is 2.38. The fourth-order valence-electron chi connectivity index (χ4n) is 4.12. The van der Waals surface area contributed by atoms with Gasteiger partial charge in [-0.1, -0.05) is 0 Å². The number of hydrogen-bond donors (Lipinski definition) is 1. The van der Waals surface area contributed by atoms with Gasteiger partial charge < -0.3 is 24.1 Å². The molecule has 0 saturated carbocycles. The number of hydrogen-bond acceptors (Lipinski definition) is 7. The van der Waals surface area contributed by atoms with Gasteiger partial charge in [-0.3, -0.25) is 19.3 Å².